The Morgan fingerprint density at radius 3 is 2.31 bits per heavy atom. The molecule has 0 saturated heterocycles. The van der Waals surface area contributed by atoms with Gasteiger partial charge in [-0.2, -0.15) is 0 Å². The molecule has 0 aromatic heterocycles. The molecule has 0 bridgehead atoms. The summed E-state index contributed by atoms with van der Waals surface area (Å²) in [6.45, 7) is 7.34. The van der Waals surface area contributed by atoms with Crippen LogP contribution in [-0.2, 0) is 4.74 Å². The van der Waals surface area contributed by atoms with E-state index in [9.17, 15) is 0 Å². The molecular formula is C10H22ClNO. The fraction of sp³-hybridized carbons (Fsp3) is 1.00. The highest BCUT2D eigenvalue weighted by atomic mass is 35.5. The van der Waals surface area contributed by atoms with E-state index in [4.69, 9.17) is 16.3 Å². The van der Waals surface area contributed by atoms with Gasteiger partial charge in [0, 0.05) is 25.6 Å². The molecule has 2 atom stereocenters. The van der Waals surface area contributed by atoms with Gasteiger partial charge in [0.05, 0.1) is 6.10 Å². The average Bonchev–Trinajstić information content (AvgIpc) is 2.10. The molecular weight excluding hydrogens is 186 g/mol. The second-order valence-electron chi connectivity index (χ2n) is 3.94. The van der Waals surface area contributed by atoms with Gasteiger partial charge in [-0.05, 0) is 19.3 Å². The highest BCUT2D eigenvalue weighted by Gasteiger charge is 2.10. The number of nitrogens with one attached hydrogen (secondary N) is 1. The minimum atomic E-state index is 0.262. The first-order chi connectivity index (χ1) is 6.10. The van der Waals surface area contributed by atoms with Crippen LogP contribution >= 0.6 is 11.6 Å². The van der Waals surface area contributed by atoms with Crippen LogP contribution in [0.15, 0.2) is 0 Å². The lowest BCUT2D eigenvalue weighted by Crippen LogP contribution is -2.37. The fourth-order valence-electron chi connectivity index (χ4n) is 1.19. The lowest BCUT2D eigenvalue weighted by atomic mass is 10.1. The predicted octanol–water partition coefficient (Wildman–Crippen LogP) is 2.26. The van der Waals surface area contributed by atoms with Gasteiger partial charge >= 0.3 is 0 Å². The van der Waals surface area contributed by atoms with Crippen molar-refractivity contribution in [2.45, 2.75) is 39.3 Å². The summed E-state index contributed by atoms with van der Waals surface area (Å²) in [5, 5.41) is 3.39. The Hall–Kier alpha value is 0.210. The zero-order valence-electron chi connectivity index (χ0n) is 9.14. The third-order valence-corrected chi connectivity index (χ3v) is 2.41. The van der Waals surface area contributed by atoms with Crippen LogP contribution in [0, 0.1) is 5.92 Å². The molecule has 0 rings (SSSR count). The average molecular weight is 208 g/mol. The molecule has 0 heterocycles. The summed E-state index contributed by atoms with van der Waals surface area (Å²) in [5.74, 6) is 1.36. The summed E-state index contributed by atoms with van der Waals surface area (Å²) in [7, 11) is 1.73. The molecule has 0 spiro atoms. The van der Waals surface area contributed by atoms with E-state index in [1.807, 2.05) is 6.92 Å². The maximum absolute atomic E-state index is 5.83. The molecule has 2 unspecified atom stereocenters. The van der Waals surface area contributed by atoms with Gasteiger partial charge in [0.2, 0.25) is 0 Å². The van der Waals surface area contributed by atoms with Crippen molar-refractivity contribution >= 4 is 11.6 Å². The maximum Gasteiger partial charge on any atom is 0.0667 e. The first kappa shape index (κ1) is 13.2. The summed E-state index contributed by atoms with van der Waals surface area (Å²) in [6.07, 6.45) is 1.39. The van der Waals surface area contributed by atoms with Crippen molar-refractivity contribution in [1.29, 1.82) is 0 Å². The van der Waals surface area contributed by atoms with E-state index in [0.717, 1.165) is 13.0 Å². The Balaban J connectivity index is 3.59. The standard InChI is InChI=1S/C10H22ClNO/c1-8(2)5-10(6-11)12-7-9(3)13-4/h8-10,12H,5-7H2,1-4H3. The summed E-state index contributed by atoms with van der Waals surface area (Å²) in [4.78, 5) is 0. The highest BCUT2D eigenvalue weighted by Crippen LogP contribution is 2.06. The van der Waals surface area contributed by atoms with Crippen LogP contribution in [0.3, 0.4) is 0 Å². The number of ether oxygens (including phenoxy) is 1. The molecule has 13 heavy (non-hydrogen) atoms. The van der Waals surface area contributed by atoms with Gasteiger partial charge in [0.25, 0.3) is 0 Å². The lowest BCUT2D eigenvalue weighted by Gasteiger charge is -2.20. The third kappa shape index (κ3) is 7.29. The molecule has 0 saturated carbocycles. The van der Waals surface area contributed by atoms with Crippen LogP contribution in [0.1, 0.15) is 27.2 Å². The van der Waals surface area contributed by atoms with E-state index in [0.29, 0.717) is 17.8 Å². The smallest absolute Gasteiger partial charge is 0.0667 e. The second-order valence-corrected chi connectivity index (χ2v) is 4.24. The van der Waals surface area contributed by atoms with Crippen molar-refractivity contribution in [2.24, 2.45) is 5.92 Å². The summed E-state index contributed by atoms with van der Waals surface area (Å²) in [6, 6.07) is 0.416. The number of rotatable bonds is 7. The molecule has 0 aliphatic heterocycles. The molecule has 0 fully saturated rings. The second kappa shape index (κ2) is 7.60. The normalized spacial score (nSPS) is 16.2. The van der Waals surface area contributed by atoms with Gasteiger partial charge in [-0.15, -0.1) is 11.6 Å². The molecule has 0 amide bonds. The Bertz CT molecular complexity index is 119. The SMILES string of the molecule is COC(C)CNC(CCl)CC(C)C. The van der Waals surface area contributed by atoms with E-state index in [1.54, 1.807) is 7.11 Å². The summed E-state index contributed by atoms with van der Waals surface area (Å²) in [5.41, 5.74) is 0. The van der Waals surface area contributed by atoms with Crippen LogP contribution in [0.2, 0.25) is 0 Å². The zero-order valence-corrected chi connectivity index (χ0v) is 9.90. The number of hydrogen-bond donors (Lipinski definition) is 1. The third-order valence-electron chi connectivity index (χ3n) is 2.04. The highest BCUT2D eigenvalue weighted by molar-refractivity contribution is 6.18. The molecule has 80 valence electrons. The molecule has 0 radical (unpaired) electrons. The Kier molecular flexibility index (Phi) is 7.72. The number of hydrogen-bond acceptors (Lipinski definition) is 2. The van der Waals surface area contributed by atoms with Crippen molar-refractivity contribution in [3.05, 3.63) is 0 Å². The predicted molar refractivity (Wildman–Crippen MR) is 58.4 cm³/mol. The van der Waals surface area contributed by atoms with Crippen LogP contribution < -0.4 is 5.32 Å². The van der Waals surface area contributed by atoms with Crippen LogP contribution in [-0.4, -0.2) is 31.7 Å². The van der Waals surface area contributed by atoms with Crippen LogP contribution in [0.5, 0.6) is 0 Å². The van der Waals surface area contributed by atoms with E-state index in [-0.39, 0.29) is 6.10 Å². The zero-order chi connectivity index (χ0) is 10.3. The van der Waals surface area contributed by atoms with Gasteiger partial charge in [0.15, 0.2) is 0 Å². The van der Waals surface area contributed by atoms with E-state index < -0.39 is 0 Å². The lowest BCUT2D eigenvalue weighted by molar-refractivity contribution is 0.114. The largest absolute Gasteiger partial charge is 0.380 e. The van der Waals surface area contributed by atoms with Crippen molar-refractivity contribution in [1.82, 2.24) is 5.32 Å². The first-order valence-corrected chi connectivity index (χ1v) is 5.45. The van der Waals surface area contributed by atoms with Gasteiger partial charge in [-0.3, -0.25) is 0 Å². The number of alkyl halides is 1. The Labute approximate surface area is 87.0 Å². The molecule has 0 aromatic rings. The van der Waals surface area contributed by atoms with Crippen molar-refractivity contribution in [3.63, 3.8) is 0 Å². The number of halogens is 1. The van der Waals surface area contributed by atoms with Gasteiger partial charge in [-0.1, -0.05) is 13.8 Å². The van der Waals surface area contributed by atoms with Crippen molar-refractivity contribution in [2.75, 3.05) is 19.5 Å². The first-order valence-electron chi connectivity index (χ1n) is 4.92. The maximum atomic E-state index is 5.83. The minimum absolute atomic E-state index is 0.262. The van der Waals surface area contributed by atoms with Gasteiger partial charge in [-0.25, -0.2) is 0 Å². The minimum Gasteiger partial charge on any atom is -0.380 e. The molecule has 3 heteroatoms. The van der Waals surface area contributed by atoms with Crippen molar-refractivity contribution in [3.8, 4) is 0 Å². The van der Waals surface area contributed by atoms with Gasteiger partial charge < -0.3 is 10.1 Å². The topological polar surface area (TPSA) is 21.3 Å². The molecule has 0 aromatic carbocycles. The van der Waals surface area contributed by atoms with E-state index in [1.165, 1.54) is 0 Å². The van der Waals surface area contributed by atoms with E-state index in [2.05, 4.69) is 19.2 Å². The van der Waals surface area contributed by atoms with Crippen molar-refractivity contribution < 1.29 is 4.74 Å². The molecule has 0 aliphatic carbocycles. The molecule has 2 nitrogen and oxygen atoms in total. The Morgan fingerprint density at radius 1 is 1.31 bits per heavy atom. The monoisotopic (exact) mass is 207 g/mol. The van der Waals surface area contributed by atoms with Gasteiger partial charge in [0.1, 0.15) is 0 Å². The quantitative estimate of drug-likeness (QED) is 0.647. The van der Waals surface area contributed by atoms with Crippen LogP contribution in [0.4, 0.5) is 0 Å². The fourth-order valence-corrected chi connectivity index (χ4v) is 1.42. The molecule has 1 N–H and O–H groups in total. The van der Waals surface area contributed by atoms with Crippen LogP contribution in [0.25, 0.3) is 0 Å². The Morgan fingerprint density at radius 2 is 1.92 bits per heavy atom. The number of methoxy groups -OCH3 is 1. The summed E-state index contributed by atoms with van der Waals surface area (Å²) >= 11 is 5.83. The van der Waals surface area contributed by atoms with E-state index >= 15 is 0 Å². The summed E-state index contributed by atoms with van der Waals surface area (Å²) < 4.78 is 5.14. The molecule has 0 aliphatic rings.